The molecule has 5 aromatic rings. The van der Waals surface area contributed by atoms with E-state index in [0.717, 1.165) is 16.5 Å². The number of fused-ring (bicyclic) bond motifs is 1. The van der Waals surface area contributed by atoms with Crippen LogP contribution in [0, 0.1) is 0 Å². The molecule has 0 aliphatic rings. The lowest BCUT2D eigenvalue weighted by molar-refractivity contribution is 0.0335. The Balaban J connectivity index is 1.25. The monoisotopic (exact) mass is 621 g/mol. The van der Waals surface area contributed by atoms with Crippen LogP contribution in [-0.4, -0.2) is 64.7 Å². The van der Waals surface area contributed by atoms with Gasteiger partial charge in [0.25, 0.3) is 0 Å². The molecule has 2 atom stereocenters. The molecule has 3 N–H and O–H groups in total. The number of pyridine rings is 1. The first-order chi connectivity index (χ1) is 22.5. The van der Waals surface area contributed by atoms with E-state index in [4.69, 9.17) is 14.2 Å². The maximum Gasteiger partial charge on any atom is 0.411 e. The molecule has 4 aromatic carbocycles. The third-order valence-corrected chi connectivity index (χ3v) is 7.43. The Morgan fingerprint density at radius 1 is 0.891 bits per heavy atom. The second-order valence-corrected chi connectivity index (χ2v) is 10.9. The Morgan fingerprint density at radius 2 is 1.63 bits per heavy atom. The van der Waals surface area contributed by atoms with Gasteiger partial charge in [-0.1, -0.05) is 60.7 Å². The summed E-state index contributed by atoms with van der Waals surface area (Å²) in [5.74, 6) is 1.99. The summed E-state index contributed by atoms with van der Waals surface area (Å²) in [6.07, 6.45) is 0.965. The van der Waals surface area contributed by atoms with E-state index in [0.29, 0.717) is 48.0 Å². The molecule has 1 amide bonds. The van der Waals surface area contributed by atoms with E-state index in [1.807, 2.05) is 91.0 Å². The predicted molar refractivity (Wildman–Crippen MR) is 178 cm³/mol. The summed E-state index contributed by atoms with van der Waals surface area (Å²) < 4.78 is 17.0. The smallest absolute Gasteiger partial charge is 0.411 e. The van der Waals surface area contributed by atoms with Gasteiger partial charge in [0.2, 0.25) is 0 Å². The third-order valence-electron chi connectivity index (χ3n) is 7.43. The van der Waals surface area contributed by atoms with Crippen LogP contribution >= 0.6 is 0 Å². The van der Waals surface area contributed by atoms with Gasteiger partial charge >= 0.3 is 6.09 Å². The van der Waals surface area contributed by atoms with Crippen molar-refractivity contribution in [2.45, 2.75) is 32.0 Å². The molecule has 0 fully saturated rings. The Morgan fingerprint density at radius 3 is 2.35 bits per heavy atom. The fraction of sp³-hybridized carbons (Fsp3) is 0.243. The summed E-state index contributed by atoms with van der Waals surface area (Å²) in [6.45, 7) is 3.01. The molecule has 46 heavy (non-hydrogen) atoms. The van der Waals surface area contributed by atoms with Crippen molar-refractivity contribution in [1.82, 2.24) is 9.88 Å². The zero-order valence-corrected chi connectivity index (χ0v) is 25.8. The molecule has 238 valence electrons. The number of carbonyl (C=O) groups excluding carboxylic acids is 1. The highest BCUT2D eigenvalue weighted by molar-refractivity contribution is 5.92. The molecule has 1 aromatic heterocycles. The van der Waals surface area contributed by atoms with Crippen molar-refractivity contribution in [3.05, 3.63) is 127 Å². The van der Waals surface area contributed by atoms with Crippen LogP contribution < -0.4 is 14.8 Å². The number of para-hydroxylation sites is 1. The molecular weight excluding hydrogens is 582 g/mol. The van der Waals surface area contributed by atoms with Gasteiger partial charge in [-0.15, -0.1) is 0 Å². The van der Waals surface area contributed by atoms with Crippen LogP contribution in [0.25, 0.3) is 10.9 Å². The van der Waals surface area contributed by atoms with Crippen LogP contribution in [0.15, 0.2) is 115 Å². The standard InChI is InChI=1S/C37H39N3O6/c1-2-44-37(43)39-29-15-18-34-35(22-29)38-20-19-36(34)46-33-16-13-27(14-17-33)21-30(25-41)40(23-28-9-5-3-6-10-28)24-31(42)26-45-32-11-7-4-8-12-32/h3-20,22,30-31,41-42H,2,21,23-26H2,1H3,(H,39,43)/t30-,31-/m0/s1. The average Bonchev–Trinajstić information content (AvgIpc) is 3.08. The van der Waals surface area contributed by atoms with Crippen LogP contribution in [0.4, 0.5) is 10.5 Å². The maximum atomic E-state index is 11.8. The first kappa shape index (κ1) is 32.4. The summed E-state index contributed by atoms with van der Waals surface area (Å²) in [5, 5.41) is 24.9. The number of hydrogen-bond donors (Lipinski definition) is 3. The van der Waals surface area contributed by atoms with E-state index >= 15 is 0 Å². The highest BCUT2D eigenvalue weighted by Gasteiger charge is 2.22. The number of rotatable bonds is 15. The van der Waals surface area contributed by atoms with Crippen LogP contribution in [-0.2, 0) is 17.7 Å². The van der Waals surface area contributed by atoms with Gasteiger partial charge in [-0.2, -0.15) is 0 Å². The first-order valence-corrected chi connectivity index (χ1v) is 15.3. The predicted octanol–water partition coefficient (Wildman–Crippen LogP) is 6.44. The van der Waals surface area contributed by atoms with Crippen LogP contribution in [0.1, 0.15) is 18.1 Å². The van der Waals surface area contributed by atoms with E-state index in [1.165, 1.54) is 0 Å². The Bertz CT molecular complexity index is 1670. The fourth-order valence-electron chi connectivity index (χ4n) is 5.17. The minimum Gasteiger partial charge on any atom is -0.491 e. The van der Waals surface area contributed by atoms with Gasteiger partial charge in [0.05, 0.1) is 18.7 Å². The topological polar surface area (TPSA) is 113 Å². The lowest BCUT2D eigenvalue weighted by atomic mass is 10.0. The Kier molecular flexibility index (Phi) is 11.5. The maximum absolute atomic E-state index is 11.8. The Labute approximate surface area is 269 Å². The van der Waals surface area contributed by atoms with Crippen molar-refractivity contribution in [2.24, 2.45) is 0 Å². The number of aliphatic hydroxyl groups is 2. The summed E-state index contributed by atoms with van der Waals surface area (Å²) in [4.78, 5) is 18.3. The van der Waals surface area contributed by atoms with E-state index in [-0.39, 0.29) is 25.9 Å². The summed E-state index contributed by atoms with van der Waals surface area (Å²) in [7, 11) is 0. The number of aromatic nitrogens is 1. The van der Waals surface area contributed by atoms with Crippen LogP contribution in [0.2, 0.25) is 0 Å². The number of amides is 1. The number of ether oxygens (including phenoxy) is 3. The van der Waals surface area contributed by atoms with Gasteiger partial charge < -0.3 is 24.4 Å². The van der Waals surface area contributed by atoms with Crippen molar-refractivity contribution in [1.29, 1.82) is 0 Å². The molecule has 0 saturated carbocycles. The third kappa shape index (κ3) is 9.28. The number of aliphatic hydroxyl groups excluding tert-OH is 2. The minimum absolute atomic E-state index is 0.0760. The second kappa shape index (κ2) is 16.4. The zero-order valence-electron chi connectivity index (χ0n) is 25.8. The van der Waals surface area contributed by atoms with Crippen LogP contribution in [0.3, 0.4) is 0 Å². The SMILES string of the molecule is CCOC(=O)Nc1ccc2c(Oc3ccc(C[C@@H](CO)N(Cc4ccccc4)C[C@H](O)COc4ccccc4)cc3)ccnc2c1. The van der Waals surface area contributed by atoms with E-state index in [2.05, 4.69) is 15.2 Å². The van der Waals surface area contributed by atoms with Crippen molar-refractivity contribution in [3.63, 3.8) is 0 Å². The number of carbonyl (C=O) groups is 1. The van der Waals surface area contributed by atoms with E-state index < -0.39 is 12.2 Å². The number of anilines is 1. The molecule has 5 rings (SSSR count). The highest BCUT2D eigenvalue weighted by Crippen LogP contribution is 2.31. The lowest BCUT2D eigenvalue weighted by Gasteiger charge is -2.32. The van der Waals surface area contributed by atoms with Gasteiger partial charge in [-0.3, -0.25) is 15.2 Å². The highest BCUT2D eigenvalue weighted by atomic mass is 16.5. The molecule has 0 bridgehead atoms. The number of benzene rings is 4. The largest absolute Gasteiger partial charge is 0.491 e. The van der Waals surface area contributed by atoms with Crippen molar-refractivity contribution >= 4 is 22.7 Å². The van der Waals surface area contributed by atoms with Crippen molar-refractivity contribution < 1.29 is 29.2 Å². The Hall–Kier alpha value is -4.96. The van der Waals surface area contributed by atoms with E-state index in [9.17, 15) is 15.0 Å². The molecule has 1 heterocycles. The van der Waals surface area contributed by atoms with Gasteiger partial charge in [0.1, 0.15) is 30.0 Å². The average molecular weight is 622 g/mol. The van der Waals surface area contributed by atoms with Gasteiger partial charge in [0.15, 0.2) is 0 Å². The van der Waals surface area contributed by atoms with Crippen molar-refractivity contribution in [3.8, 4) is 17.2 Å². The van der Waals surface area contributed by atoms with Gasteiger partial charge in [0, 0.05) is 36.4 Å². The molecule has 9 heteroatoms. The molecule has 9 nitrogen and oxygen atoms in total. The summed E-state index contributed by atoms with van der Waals surface area (Å²) >= 11 is 0. The number of nitrogens with one attached hydrogen (secondary N) is 1. The molecule has 0 saturated heterocycles. The lowest BCUT2D eigenvalue weighted by Crippen LogP contribution is -2.44. The summed E-state index contributed by atoms with van der Waals surface area (Å²) in [6, 6.07) is 34.2. The molecule has 0 radical (unpaired) electrons. The molecular formula is C37H39N3O6. The van der Waals surface area contributed by atoms with Gasteiger partial charge in [-0.05, 0) is 73.0 Å². The van der Waals surface area contributed by atoms with Crippen LogP contribution in [0.5, 0.6) is 17.2 Å². The fourth-order valence-corrected chi connectivity index (χ4v) is 5.17. The minimum atomic E-state index is -0.749. The number of nitrogens with zero attached hydrogens (tertiary/aromatic N) is 2. The quantitative estimate of drug-likeness (QED) is 0.122. The molecule has 0 aliphatic carbocycles. The molecule has 0 unspecified atom stereocenters. The van der Waals surface area contributed by atoms with Gasteiger partial charge in [-0.25, -0.2) is 4.79 Å². The number of hydrogen-bond acceptors (Lipinski definition) is 8. The summed E-state index contributed by atoms with van der Waals surface area (Å²) in [5.41, 5.74) is 3.36. The molecule has 0 spiro atoms. The zero-order chi connectivity index (χ0) is 32.1. The second-order valence-electron chi connectivity index (χ2n) is 10.9. The van der Waals surface area contributed by atoms with E-state index in [1.54, 1.807) is 31.3 Å². The molecule has 0 aliphatic heterocycles. The van der Waals surface area contributed by atoms with Crippen molar-refractivity contribution in [2.75, 3.05) is 31.7 Å². The normalized spacial score (nSPS) is 12.4. The first-order valence-electron chi connectivity index (χ1n) is 15.3.